The summed E-state index contributed by atoms with van der Waals surface area (Å²) in [7, 11) is 9.34. The standard InChI is InChI=1S/2C10H15N.2ClH.Cu/c2*1-2-3-4-5-10-6-8-11-9-7-10;;;/h2*6-9H,2-5H2,1H3;2*1H;/q;;;;+2/p-2. The van der Waals surface area contributed by atoms with Crippen LogP contribution in [0.1, 0.15) is 63.5 Å². The first kappa shape index (κ1) is 24.4. The van der Waals surface area contributed by atoms with Gasteiger partial charge in [-0.15, -0.1) is 0 Å². The second kappa shape index (κ2) is 19.7. The van der Waals surface area contributed by atoms with Crippen molar-refractivity contribution in [2.24, 2.45) is 0 Å². The summed E-state index contributed by atoms with van der Waals surface area (Å²) < 4.78 is 0. The molecule has 0 N–H and O–H groups in total. The van der Waals surface area contributed by atoms with E-state index in [1.54, 1.807) is 0 Å². The van der Waals surface area contributed by atoms with Crippen molar-refractivity contribution >= 4 is 20.2 Å². The van der Waals surface area contributed by atoms with Crippen LogP contribution in [0.3, 0.4) is 0 Å². The summed E-state index contributed by atoms with van der Waals surface area (Å²) in [5, 5.41) is 0. The molecule has 2 rings (SSSR count). The van der Waals surface area contributed by atoms with E-state index in [1.165, 1.54) is 62.5 Å². The maximum absolute atomic E-state index is 4.67. The molecule has 2 nitrogen and oxygen atoms in total. The van der Waals surface area contributed by atoms with Gasteiger partial charge in [-0.1, -0.05) is 39.5 Å². The Kier molecular flexibility index (Phi) is 19.2. The summed E-state index contributed by atoms with van der Waals surface area (Å²) >= 11 is 0.757. The van der Waals surface area contributed by atoms with Gasteiger partial charge in [0.05, 0.1) is 0 Å². The normalized spacial score (nSPS) is 9.60. The topological polar surface area (TPSA) is 25.8 Å². The van der Waals surface area contributed by atoms with Crippen molar-refractivity contribution in [1.29, 1.82) is 0 Å². The molecule has 0 saturated heterocycles. The minimum atomic E-state index is 0.757. The summed E-state index contributed by atoms with van der Waals surface area (Å²) in [6, 6.07) is 8.37. The molecule has 2 aromatic heterocycles. The summed E-state index contributed by atoms with van der Waals surface area (Å²) in [4.78, 5) is 7.95. The van der Waals surface area contributed by atoms with E-state index in [9.17, 15) is 0 Å². The number of pyridine rings is 2. The van der Waals surface area contributed by atoms with E-state index in [1.807, 2.05) is 24.8 Å². The van der Waals surface area contributed by atoms with Crippen LogP contribution in [-0.2, 0) is 26.0 Å². The van der Waals surface area contributed by atoms with E-state index in [-0.39, 0.29) is 0 Å². The molecule has 0 aromatic carbocycles. The number of halogens is 2. The Morgan fingerprint density at radius 3 is 1.28 bits per heavy atom. The Morgan fingerprint density at radius 2 is 1.00 bits per heavy atom. The van der Waals surface area contributed by atoms with Gasteiger partial charge < -0.3 is 0 Å². The SMILES string of the molecule is CCCCCc1ccncc1.CCCCCc1ccncc1.[Cl][Cu][Cl]. The fourth-order valence-electron chi connectivity index (χ4n) is 2.26. The van der Waals surface area contributed by atoms with Crippen molar-refractivity contribution in [2.45, 2.75) is 65.2 Å². The quantitative estimate of drug-likeness (QED) is 0.331. The molecule has 0 aliphatic heterocycles. The van der Waals surface area contributed by atoms with Crippen LogP contribution in [0.2, 0.25) is 0 Å². The average Bonchev–Trinajstić information content (AvgIpc) is 2.65. The number of unbranched alkanes of at least 4 members (excludes halogenated alkanes) is 4. The van der Waals surface area contributed by atoms with Crippen LogP contribution in [-0.4, -0.2) is 9.97 Å². The third-order valence-electron chi connectivity index (χ3n) is 3.64. The van der Waals surface area contributed by atoms with E-state index < -0.39 is 0 Å². The van der Waals surface area contributed by atoms with Crippen molar-refractivity contribution in [3.8, 4) is 0 Å². The van der Waals surface area contributed by atoms with Gasteiger partial charge in [0.25, 0.3) is 0 Å². The van der Waals surface area contributed by atoms with Crippen LogP contribution < -0.4 is 0 Å². The maximum atomic E-state index is 4.67. The summed E-state index contributed by atoms with van der Waals surface area (Å²) in [5.41, 5.74) is 2.82. The molecule has 0 aliphatic carbocycles. The zero-order valence-electron chi connectivity index (χ0n) is 15.2. The molecule has 0 saturated carbocycles. The number of hydrogen-bond acceptors (Lipinski definition) is 2. The molecule has 0 radical (unpaired) electrons. The molecule has 2 aromatic rings. The molecule has 0 atom stereocenters. The molecule has 25 heavy (non-hydrogen) atoms. The average molecular weight is 433 g/mol. The summed E-state index contributed by atoms with van der Waals surface area (Å²) in [6.07, 6.45) is 17.7. The van der Waals surface area contributed by atoms with Gasteiger partial charge in [0, 0.05) is 24.8 Å². The van der Waals surface area contributed by atoms with Gasteiger partial charge in [-0.3, -0.25) is 9.97 Å². The first-order valence-corrected chi connectivity index (χ1v) is 11.5. The van der Waals surface area contributed by atoms with Gasteiger partial charge in [-0.25, -0.2) is 0 Å². The summed E-state index contributed by atoms with van der Waals surface area (Å²) in [5.74, 6) is 0. The zero-order valence-corrected chi connectivity index (χ0v) is 17.7. The number of aryl methyl sites for hydroxylation is 2. The fraction of sp³-hybridized carbons (Fsp3) is 0.500. The van der Waals surface area contributed by atoms with Crippen LogP contribution in [0.15, 0.2) is 49.1 Å². The molecule has 5 heteroatoms. The van der Waals surface area contributed by atoms with Gasteiger partial charge in [0.1, 0.15) is 0 Å². The number of rotatable bonds is 8. The molecule has 2 heterocycles. The molecule has 145 valence electrons. The molecule has 0 fully saturated rings. The van der Waals surface area contributed by atoms with E-state index in [4.69, 9.17) is 0 Å². The fourth-order valence-corrected chi connectivity index (χ4v) is 2.26. The second-order valence-corrected chi connectivity index (χ2v) is 7.22. The number of aromatic nitrogens is 2. The van der Waals surface area contributed by atoms with Gasteiger partial charge >= 0.3 is 33.3 Å². The Bertz CT molecular complexity index is 438. The second-order valence-electron chi connectivity index (χ2n) is 5.67. The van der Waals surface area contributed by atoms with E-state index in [0.29, 0.717) is 0 Å². The van der Waals surface area contributed by atoms with Crippen LogP contribution in [0.5, 0.6) is 0 Å². The van der Waals surface area contributed by atoms with Crippen molar-refractivity contribution < 1.29 is 13.1 Å². The zero-order chi connectivity index (χ0) is 18.6. The van der Waals surface area contributed by atoms with Crippen molar-refractivity contribution in [3.63, 3.8) is 0 Å². The molecule has 0 aliphatic rings. The van der Waals surface area contributed by atoms with E-state index >= 15 is 0 Å². The monoisotopic (exact) mass is 431 g/mol. The van der Waals surface area contributed by atoms with Crippen LogP contribution in [0, 0.1) is 0 Å². The third-order valence-corrected chi connectivity index (χ3v) is 3.64. The minimum absolute atomic E-state index is 0.757. The van der Waals surface area contributed by atoms with Crippen LogP contribution in [0.4, 0.5) is 0 Å². The van der Waals surface area contributed by atoms with E-state index in [0.717, 1.165) is 13.1 Å². The first-order chi connectivity index (χ1) is 12.3. The predicted octanol–water partition coefficient (Wildman–Crippen LogP) is 7.01. The first-order valence-electron chi connectivity index (χ1n) is 8.87. The van der Waals surface area contributed by atoms with Crippen LogP contribution in [0.25, 0.3) is 0 Å². The third kappa shape index (κ3) is 16.6. The van der Waals surface area contributed by atoms with Crippen molar-refractivity contribution in [3.05, 3.63) is 60.2 Å². The number of nitrogens with zero attached hydrogens (tertiary/aromatic N) is 2. The number of hydrogen-bond donors (Lipinski definition) is 0. The van der Waals surface area contributed by atoms with Crippen molar-refractivity contribution in [2.75, 3.05) is 0 Å². The van der Waals surface area contributed by atoms with Gasteiger partial charge in [0.2, 0.25) is 0 Å². The van der Waals surface area contributed by atoms with Gasteiger partial charge in [-0.2, -0.15) is 0 Å². The van der Waals surface area contributed by atoms with Crippen molar-refractivity contribution in [1.82, 2.24) is 9.97 Å². The molecule has 0 unspecified atom stereocenters. The predicted molar refractivity (Wildman–Crippen MR) is 107 cm³/mol. The van der Waals surface area contributed by atoms with E-state index in [2.05, 4.69) is 68.3 Å². The van der Waals surface area contributed by atoms with Gasteiger partial charge in [-0.05, 0) is 61.1 Å². The molecule has 0 spiro atoms. The Morgan fingerprint density at radius 1 is 0.680 bits per heavy atom. The summed E-state index contributed by atoms with van der Waals surface area (Å²) in [6.45, 7) is 4.46. The van der Waals surface area contributed by atoms with Crippen LogP contribution >= 0.6 is 20.2 Å². The molecule has 0 amide bonds. The van der Waals surface area contributed by atoms with Gasteiger partial charge in [0.15, 0.2) is 0 Å². The Hall–Kier alpha value is -0.601. The molecular formula is C20H30Cl2CuN2. The Labute approximate surface area is 168 Å². The molecular weight excluding hydrogens is 403 g/mol. The molecule has 0 bridgehead atoms. The Balaban J connectivity index is 0.000000399.